The van der Waals surface area contributed by atoms with Gasteiger partial charge in [-0.2, -0.15) is 0 Å². The second-order valence-corrected chi connectivity index (χ2v) is 12.0. The van der Waals surface area contributed by atoms with Gasteiger partial charge in [-0.3, -0.25) is 9.59 Å². The molecule has 0 bridgehead atoms. The standard InChI is InChI=1S/C22H26Cl3N3O7S/c1-21(2,3)34-19(32)11-6-4-5-7-12(11)26-8-14(30)27-15-17(31)28-16(13(29)9-36-18(15)28)20(33)35-22(24,25)10-23/h4-7,13,15-16,18,26,29H,8-10H2,1-3H3,(H,27,30)/t13?,15-,16?,18-/m1/s1. The molecule has 2 saturated heterocycles. The van der Waals surface area contributed by atoms with Crippen LogP contribution in [0.15, 0.2) is 24.3 Å². The number of anilines is 1. The van der Waals surface area contributed by atoms with E-state index in [1.165, 1.54) is 11.8 Å². The zero-order chi connectivity index (χ0) is 26.8. The minimum absolute atomic E-state index is 0.112. The summed E-state index contributed by atoms with van der Waals surface area (Å²) in [5, 5.41) is 15.2. The second-order valence-electron chi connectivity index (χ2n) is 9.12. The minimum atomic E-state index is -2.01. The number of alkyl halides is 3. The summed E-state index contributed by atoms with van der Waals surface area (Å²) in [4.78, 5) is 51.5. The van der Waals surface area contributed by atoms with E-state index in [0.29, 0.717) is 5.69 Å². The first-order valence-electron chi connectivity index (χ1n) is 10.9. The number of halogens is 3. The molecule has 14 heteroatoms. The van der Waals surface area contributed by atoms with Crippen molar-refractivity contribution < 1.29 is 33.8 Å². The Morgan fingerprint density at radius 3 is 2.50 bits per heavy atom. The second kappa shape index (κ2) is 11.2. The third-order valence-corrected chi connectivity index (χ3v) is 7.58. The van der Waals surface area contributed by atoms with E-state index in [2.05, 4.69) is 10.6 Å². The lowest BCUT2D eigenvalue weighted by molar-refractivity contribution is -0.172. The molecule has 2 amide bonds. The van der Waals surface area contributed by atoms with Crippen molar-refractivity contribution in [3.05, 3.63) is 29.8 Å². The van der Waals surface area contributed by atoms with Gasteiger partial charge in [0.05, 0.1) is 24.1 Å². The molecule has 0 aromatic heterocycles. The van der Waals surface area contributed by atoms with Crippen LogP contribution in [0.4, 0.5) is 5.69 Å². The Bertz CT molecular complexity index is 1040. The van der Waals surface area contributed by atoms with Crippen LogP contribution in [0, 0.1) is 0 Å². The SMILES string of the molecule is CC(C)(C)OC(=O)c1ccccc1NCC(=O)N[C@@H]1C(=O)N2C(C(=O)OC(Cl)(Cl)CCl)C(O)CS[C@H]12. The van der Waals surface area contributed by atoms with Crippen LogP contribution >= 0.6 is 46.6 Å². The number of esters is 2. The molecule has 0 radical (unpaired) electrons. The molecule has 3 rings (SSSR count). The Balaban J connectivity index is 1.61. The van der Waals surface area contributed by atoms with Gasteiger partial charge in [-0.05, 0) is 32.9 Å². The smallest absolute Gasteiger partial charge is 0.340 e. The van der Waals surface area contributed by atoms with Gasteiger partial charge in [0.1, 0.15) is 17.0 Å². The van der Waals surface area contributed by atoms with E-state index in [-0.39, 0.29) is 17.9 Å². The lowest BCUT2D eigenvalue weighted by Gasteiger charge is -2.53. The fourth-order valence-corrected chi connectivity index (χ4v) is 5.17. The van der Waals surface area contributed by atoms with Gasteiger partial charge in [-0.1, -0.05) is 35.3 Å². The predicted octanol–water partition coefficient (Wildman–Crippen LogP) is 2.10. The number of ether oxygens (including phenoxy) is 2. The van der Waals surface area contributed by atoms with Crippen LogP contribution in [0.2, 0.25) is 0 Å². The Morgan fingerprint density at radius 2 is 1.86 bits per heavy atom. The van der Waals surface area contributed by atoms with Crippen LogP contribution in [0.25, 0.3) is 0 Å². The predicted molar refractivity (Wildman–Crippen MR) is 136 cm³/mol. The maximum atomic E-state index is 12.8. The lowest BCUT2D eigenvalue weighted by Crippen LogP contribution is -2.77. The number of aliphatic hydroxyl groups is 1. The molecule has 0 saturated carbocycles. The van der Waals surface area contributed by atoms with Gasteiger partial charge in [0, 0.05) is 11.4 Å². The van der Waals surface area contributed by atoms with Gasteiger partial charge >= 0.3 is 11.9 Å². The highest BCUT2D eigenvalue weighted by molar-refractivity contribution is 8.00. The van der Waals surface area contributed by atoms with Crippen LogP contribution < -0.4 is 10.6 Å². The number of hydrogen-bond donors (Lipinski definition) is 3. The molecule has 2 aliphatic heterocycles. The highest BCUT2D eigenvalue weighted by atomic mass is 35.5. The van der Waals surface area contributed by atoms with Gasteiger partial charge in [0.15, 0.2) is 6.04 Å². The van der Waals surface area contributed by atoms with Gasteiger partial charge in [-0.25, -0.2) is 9.59 Å². The minimum Gasteiger partial charge on any atom is -0.456 e. The van der Waals surface area contributed by atoms with Crippen molar-refractivity contribution in [2.24, 2.45) is 0 Å². The molecule has 198 valence electrons. The molecule has 4 atom stereocenters. The van der Waals surface area contributed by atoms with E-state index >= 15 is 0 Å². The molecule has 1 aromatic rings. The molecular weight excluding hydrogens is 557 g/mol. The van der Waals surface area contributed by atoms with Gasteiger partial charge < -0.3 is 30.1 Å². The van der Waals surface area contributed by atoms with Crippen molar-refractivity contribution in [1.82, 2.24) is 10.2 Å². The largest absolute Gasteiger partial charge is 0.456 e. The molecule has 10 nitrogen and oxygen atoms in total. The fraction of sp³-hybridized carbons (Fsp3) is 0.545. The summed E-state index contributed by atoms with van der Waals surface area (Å²) in [6.07, 6.45) is -1.22. The number of carbonyl (C=O) groups is 4. The van der Waals surface area contributed by atoms with Gasteiger partial charge in [-0.15, -0.1) is 23.4 Å². The molecule has 36 heavy (non-hydrogen) atoms. The number of carbonyl (C=O) groups excluding carboxylic acids is 4. The molecule has 2 fully saturated rings. The van der Waals surface area contributed by atoms with Crippen molar-refractivity contribution in [2.45, 2.75) is 54.5 Å². The van der Waals surface area contributed by atoms with Crippen molar-refractivity contribution in [1.29, 1.82) is 0 Å². The van der Waals surface area contributed by atoms with Crippen molar-refractivity contribution >= 4 is 76.0 Å². The zero-order valence-electron chi connectivity index (χ0n) is 19.6. The number of thioether (sulfide) groups is 1. The number of aliphatic hydroxyl groups excluding tert-OH is 1. The van der Waals surface area contributed by atoms with Gasteiger partial charge in [0.25, 0.3) is 4.52 Å². The molecule has 2 aliphatic rings. The van der Waals surface area contributed by atoms with E-state index in [1.807, 2.05) is 0 Å². The Labute approximate surface area is 227 Å². The van der Waals surface area contributed by atoms with E-state index in [4.69, 9.17) is 44.3 Å². The Kier molecular flexibility index (Phi) is 8.93. The summed E-state index contributed by atoms with van der Waals surface area (Å²) in [7, 11) is 0. The maximum Gasteiger partial charge on any atom is 0.340 e. The highest BCUT2D eigenvalue weighted by Gasteiger charge is 2.58. The number of hydrogen-bond acceptors (Lipinski definition) is 9. The molecule has 3 N–H and O–H groups in total. The van der Waals surface area contributed by atoms with E-state index < -0.39 is 63.3 Å². The summed E-state index contributed by atoms with van der Waals surface area (Å²) in [6, 6.07) is 4.32. The number of rotatable bonds is 8. The first-order chi connectivity index (χ1) is 16.7. The highest BCUT2D eigenvalue weighted by Crippen LogP contribution is 2.39. The summed E-state index contributed by atoms with van der Waals surface area (Å²) >= 11 is 18.3. The van der Waals surface area contributed by atoms with E-state index in [9.17, 15) is 24.3 Å². The topological polar surface area (TPSA) is 134 Å². The molecule has 1 aromatic carbocycles. The first-order valence-corrected chi connectivity index (χ1v) is 13.2. The molecular formula is C22H26Cl3N3O7S. The molecule has 0 aliphatic carbocycles. The van der Waals surface area contributed by atoms with Crippen LogP contribution in [0.5, 0.6) is 0 Å². The van der Waals surface area contributed by atoms with Crippen LogP contribution in [-0.4, -0.2) is 85.6 Å². The van der Waals surface area contributed by atoms with Crippen LogP contribution in [-0.2, 0) is 23.9 Å². The number of β-lactam (4-membered cyclic amide) rings is 1. The van der Waals surface area contributed by atoms with Crippen molar-refractivity contribution in [3.8, 4) is 0 Å². The summed E-state index contributed by atoms with van der Waals surface area (Å²) < 4.78 is 8.31. The third kappa shape index (κ3) is 6.69. The molecule has 0 spiro atoms. The Hall–Kier alpha value is -1.92. The van der Waals surface area contributed by atoms with E-state index in [0.717, 1.165) is 4.90 Å². The summed E-state index contributed by atoms with van der Waals surface area (Å²) in [6.45, 7) is 5.02. The average Bonchev–Trinajstić information content (AvgIpc) is 2.79. The lowest BCUT2D eigenvalue weighted by atomic mass is 9.99. The monoisotopic (exact) mass is 581 g/mol. The van der Waals surface area contributed by atoms with E-state index in [1.54, 1.807) is 45.0 Å². The zero-order valence-corrected chi connectivity index (χ0v) is 22.7. The number of fused-ring (bicyclic) bond motifs is 1. The Morgan fingerprint density at radius 1 is 1.19 bits per heavy atom. The summed E-state index contributed by atoms with van der Waals surface area (Å²) in [5.74, 6) is -2.94. The number of para-hydroxylation sites is 1. The molecule has 2 unspecified atom stereocenters. The third-order valence-electron chi connectivity index (χ3n) is 5.13. The van der Waals surface area contributed by atoms with Gasteiger partial charge in [0.2, 0.25) is 11.8 Å². The number of benzene rings is 1. The maximum absolute atomic E-state index is 12.8. The quantitative estimate of drug-likeness (QED) is 0.239. The average molecular weight is 583 g/mol. The number of amides is 2. The number of nitrogens with one attached hydrogen (secondary N) is 2. The number of nitrogens with zero attached hydrogens (tertiary/aromatic N) is 1. The first kappa shape index (κ1) is 28.6. The summed E-state index contributed by atoms with van der Waals surface area (Å²) in [5.41, 5.74) is -0.0331. The van der Waals surface area contributed by atoms with Crippen LogP contribution in [0.1, 0.15) is 31.1 Å². The van der Waals surface area contributed by atoms with Crippen molar-refractivity contribution in [3.63, 3.8) is 0 Å². The normalized spacial score (nSPS) is 23.8. The fourth-order valence-electron chi connectivity index (χ4n) is 3.62. The molecule has 2 heterocycles. The van der Waals surface area contributed by atoms with Crippen molar-refractivity contribution in [2.75, 3.05) is 23.5 Å². The van der Waals surface area contributed by atoms with Crippen LogP contribution in [0.3, 0.4) is 0 Å².